The molecule has 2 heterocycles. The van der Waals surface area contributed by atoms with E-state index >= 15 is 0 Å². The van der Waals surface area contributed by atoms with Crippen molar-refractivity contribution >= 4 is 16.9 Å². The molecule has 4 nitrogen and oxygen atoms in total. The lowest BCUT2D eigenvalue weighted by Crippen LogP contribution is -2.42. The lowest BCUT2D eigenvalue weighted by molar-refractivity contribution is 0.0698. The van der Waals surface area contributed by atoms with Crippen molar-refractivity contribution in [2.75, 3.05) is 13.1 Å². The topological polar surface area (TPSA) is 45.5 Å². The van der Waals surface area contributed by atoms with Crippen molar-refractivity contribution in [1.82, 2.24) is 10.2 Å². The van der Waals surface area contributed by atoms with Crippen molar-refractivity contribution in [2.24, 2.45) is 0 Å². The SMILES string of the molecule is O=C(c1cc2ccccc2o1)N(CC1CCCN1)C1CC1. The fourth-order valence-electron chi connectivity index (χ4n) is 3.16. The number of para-hydroxylation sites is 1. The second-order valence-corrected chi connectivity index (χ2v) is 6.13. The summed E-state index contributed by atoms with van der Waals surface area (Å²) < 4.78 is 5.74. The van der Waals surface area contributed by atoms with Gasteiger partial charge in [-0.05, 0) is 44.4 Å². The Morgan fingerprint density at radius 2 is 2.14 bits per heavy atom. The highest BCUT2D eigenvalue weighted by atomic mass is 16.3. The first-order valence-electron chi connectivity index (χ1n) is 7.84. The van der Waals surface area contributed by atoms with Gasteiger partial charge in [-0.25, -0.2) is 0 Å². The summed E-state index contributed by atoms with van der Waals surface area (Å²) in [4.78, 5) is 14.8. The molecular formula is C17H20N2O2. The quantitative estimate of drug-likeness (QED) is 0.939. The minimum absolute atomic E-state index is 0.0439. The number of carbonyl (C=O) groups excluding carboxylic acids is 1. The van der Waals surface area contributed by atoms with Crippen LogP contribution in [0.4, 0.5) is 0 Å². The van der Waals surface area contributed by atoms with Gasteiger partial charge in [-0.15, -0.1) is 0 Å². The van der Waals surface area contributed by atoms with Crippen LogP contribution >= 0.6 is 0 Å². The highest BCUT2D eigenvalue weighted by Gasteiger charge is 2.36. The van der Waals surface area contributed by atoms with Gasteiger partial charge in [-0.3, -0.25) is 4.79 Å². The minimum Gasteiger partial charge on any atom is -0.451 e. The van der Waals surface area contributed by atoms with Crippen LogP contribution in [0.15, 0.2) is 34.7 Å². The summed E-state index contributed by atoms with van der Waals surface area (Å²) in [5, 5.41) is 4.47. The molecule has 2 fully saturated rings. The lowest BCUT2D eigenvalue weighted by Gasteiger charge is -2.24. The fraction of sp³-hybridized carbons (Fsp3) is 0.471. The van der Waals surface area contributed by atoms with Crippen molar-refractivity contribution in [2.45, 2.75) is 37.8 Å². The zero-order valence-corrected chi connectivity index (χ0v) is 12.0. The van der Waals surface area contributed by atoms with Crippen molar-refractivity contribution in [1.29, 1.82) is 0 Å². The number of rotatable bonds is 4. The van der Waals surface area contributed by atoms with Crippen LogP contribution in [0.5, 0.6) is 0 Å². The molecule has 1 unspecified atom stereocenters. The van der Waals surface area contributed by atoms with Gasteiger partial charge in [0.15, 0.2) is 5.76 Å². The standard InChI is InChI=1S/C17H20N2O2/c20-17(16-10-12-4-1-2-6-15(12)21-16)19(14-7-8-14)11-13-5-3-9-18-13/h1-2,4,6,10,13-14,18H,3,5,7-9,11H2. The maximum atomic E-state index is 12.8. The van der Waals surface area contributed by atoms with Crippen LogP contribution in [-0.4, -0.2) is 36.0 Å². The predicted molar refractivity (Wildman–Crippen MR) is 81.3 cm³/mol. The third-order valence-corrected chi connectivity index (χ3v) is 4.46. The van der Waals surface area contributed by atoms with Crippen LogP contribution in [0.1, 0.15) is 36.2 Å². The number of carbonyl (C=O) groups is 1. The average Bonchev–Trinajstić information content (AvgIpc) is 3.04. The molecule has 1 aromatic carbocycles. The monoisotopic (exact) mass is 284 g/mol. The van der Waals surface area contributed by atoms with Crippen LogP contribution < -0.4 is 5.32 Å². The van der Waals surface area contributed by atoms with Gasteiger partial charge in [0.1, 0.15) is 5.58 Å². The van der Waals surface area contributed by atoms with Crippen LogP contribution in [0.2, 0.25) is 0 Å². The van der Waals surface area contributed by atoms with Crippen LogP contribution in [0.3, 0.4) is 0 Å². The van der Waals surface area contributed by atoms with Crippen LogP contribution in [0.25, 0.3) is 11.0 Å². The van der Waals surface area contributed by atoms with E-state index in [0.717, 1.165) is 43.3 Å². The van der Waals surface area contributed by atoms with Crippen molar-refractivity contribution < 1.29 is 9.21 Å². The minimum atomic E-state index is 0.0439. The van der Waals surface area contributed by atoms with E-state index in [-0.39, 0.29) is 5.91 Å². The third kappa shape index (κ3) is 2.56. The Hall–Kier alpha value is -1.81. The number of benzene rings is 1. The molecule has 0 bridgehead atoms. The van der Waals surface area contributed by atoms with E-state index in [4.69, 9.17) is 4.42 Å². The summed E-state index contributed by atoms with van der Waals surface area (Å²) in [6.07, 6.45) is 4.62. The van der Waals surface area contributed by atoms with Gasteiger partial charge in [0.25, 0.3) is 5.91 Å². The van der Waals surface area contributed by atoms with Gasteiger partial charge in [-0.2, -0.15) is 0 Å². The van der Waals surface area contributed by atoms with Gasteiger partial charge in [0.2, 0.25) is 0 Å². The molecule has 4 heteroatoms. The predicted octanol–water partition coefficient (Wildman–Crippen LogP) is 2.79. The summed E-state index contributed by atoms with van der Waals surface area (Å²) >= 11 is 0. The van der Waals surface area contributed by atoms with Gasteiger partial charge in [0.05, 0.1) is 0 Å². The zero-order valence-electron chi connectivity index (χ0n) is 12.0. The molecule has 1 aliphatic carbocycles. The van der Waals surface area contributed by atoms with Gasteiger partial charge in [0, 0.05) is 24.0 Å². The molecule has 0 radical (unpaired) electrons. The molecule has 4 rings (SSSR count). The zero-order chi connectivity index (χ0) is 14.2. The van der Waals surface area contributed by atoms with Crippen LogP contribution in [0, 0.1) is 0 Å². The lowest BCUT2D eigenvalue weighted by atomic mass is 10.2. The Morgan fingerprint density at radius 3 is 2.86 bits per heavy atom. The average molecular weight is 284 g/mol. The highest BCUT2D eigenvalue weighted by molar-refractivity contribution is 5.96. The number of fused-ring (bicyclic) bond motifs is 1. The molecule has 2 aliphatic rings. The van der Waals surface area contributed by atoms with E-state index in [1.54, 1.807) is 0 Å². The summed E-state index contributed by atoms with van der Waals surface area (Å²) in [5.41, 5.74) is 0.788. The van der Waals surface area contributed by atoms with Crippen molar-refractivity contribution in [3.8, 4) is 0 Å². The molecule has 1 N–H and O–H groups in total. The Kier molecular flexibility index (Phi) is 3.19. The van der Waals surface area contributed by atoms with Gasteiger partial charge < -0.3 is 14.6 Å². The van der Waals surface area contributed by atoms with E-state index in [9.17, 15) is 4.79 Å². The first-order valence-corrected chi connectivity index (χ1v) is 7.84. The van der Waals surface area contributed by atoms with E-state index in [0.29, 0.717) is 17.8 Å². The fourth-order valence-corrected chi connectivity index (χ4v) is 3.16. The first-order chi connectivity index (χ1) is 10.3. The Labute approximate surface area is 124 Å². The molecule has 1 atom stereocenters. The van der Waals surface area contributed by atoms with E-state index in [1.165, 1.54) is 6.42 Å². The Morgan fingerprint density at radius 1 is 1.29 bits per heavy atom. The smallest absolute Gasteiger partial charge is 0.289 e. The van der Waals surface area contributed by atoms with Gasteiger partial charge in [-0.1, -0.05) is 18.2 Å². The third-order valence-electron chi connectivity index (χ3n) is 4.46. The number of nitrogens with zero attached hydrogens (tertiary/aromatic N) is 1. The maximum absolute atomic E-state index is 12.8. The summed E-state index contributed by atoms with van der Waals surface area (Å²) in [7, 11) is 0. The molecule has 1 amide bonds. The van der Waals surface area contributed by atoms with E-state index in [2.05, 4.69) is 5.32 Å². The molecule has 1 saturated heterocycles. The molecule has 0 spiro atoms. The van der Waals surface area contributed by atoms with Gasteiger partial charge >= 0.3 is 0 Å². The van der Waals surface area contributed by atoms with Crippen LogP contribution in [-0.2, 0) is 0 Å². The number of nitrogens with one attached hydrogen (secondary N) is 1. The number of furan rings is 1. The summed E-state index contributed by atoms with van der Waals surface area (Å²) in [5.74, 6) is 0.517. The first kappa shape index (κ1) is 12.9. The number of hydrogen-bond acceptors (Lipinski definition) is 3. The Bertz CT molecular complexity index is 621. The molecule has 1 saturated carbocycles. The normalized spacial score (nSPS) is 21.8. The number of hydrogen-bond donors (Lipinski definition) is 1. The molecule has 1 aromatic heterocycles. The molecule has 110 valence electrons. The molecular weight excluding hydrogens is 264 g/mol. The Balaban J connectivity index is 1.57. The molecule has 21 heavy (non-hydrogen) atoms. The second-order valence-electron chi connectivity index (χ2n) is 6.13. The van der Waals surface area contributed by atoms with Crippen molar-refractivity contribution in [3.05, 3.63) is 36.1 Å². The largest absolute Gasteiger partial charge is 0.451 e. The summed E-state index contributed by atoms with van der Waals surface area (Å²) in [6.45, 7) is 1.88. The van der Waals surface area contributed by atoms with E-state index < -0.39 is 0 Å². The number of amides is 1. The molecule has 2 aromatic rings. The van der Waals surface area contributed by atoms with E-state index in [1.807, 2.05) is 35.2 Å². The van der Waals surface area contributed by atoms with Crippen molar-refractivity contribution in [3.63, 3.8) is 0 Å². The second kappa shape index (κ2) is 5.19. The molecule has 1 aliphatic heterocycles. The summed E-state index contributed by atoms with van der Waals surface area (Å²) in [6, 6.07) is 10.5. The maximum Gasteiger partial charge on any atom is 0.289 e. The highest BCUT2D eigenvalue weighted by Crippen LogP contribution is 2.30.